The maximum atomic E-state index is 4.74. The Bertz CT molecular complexity index is 603. The molecule has 1 N–H and O–H groups in total. The molecule has 0 spiro atoms. The van der Waals surface area contributed by atoms with Crippen LogP contribution in [0.25, 0.3) is 0 Å². The van der Waals surface area contributed by atoms with Crippen LogP contribution in [-0.2, 0) is 5.41 Å². The average Bonchev–Trinajstić information content (AvgIpc) is 2.51. The Morgan fingerprint density at radius 3 is 2.08 bits per heavy atom. The maximum absolute atomic E-state index is 4.74. The summed E-state index contributed by atoms with van der Waals surface area (Å²) in [5, 5.41) is 13.4. The van der Waals surface area contributed by atoms with Gasteiger partial charge in [0.1, 0.15) is 0 Å². The average molecular weight is 326 g/mol. The fourth-order valence-electron chi connectivity index (χ4n) is 5.61. The van der Waals surface area contributed by atoms with Gasteiger partial charge in [-0.25, -0.2) is 0 Å². The number of aromatic nitrogens is 2. The molecule has 4 aliphatic carbocycles. The second-order valence-corrected chi connectivity index (χ2v) is 9.56. The maximum Gasteiger partial charge on any atom is 0.168 e. The van der Waals surface area contributed by atoms with Crippen LogP contribution in [0, 0.1) is 23.2 Å². The third-order valence-corrected chi connectivity index (χ3v) is 6.58. The fourth-order valence-corrected chi connectivity index (χ4v) is 5.61. The molecule has 0 unspecified atom stereocenters. The van der Waals surface area contributed by atoms with Crippen LogP contribution in [0.5, 0.6) is 0 Å². The Kier molecular flexibility index (Phi) is 3.70. The molecule has 5 rings (SSSR count). The van der Waals surface area contributed by atoms with Crippen LogP contribution < -0.4 is 5.43 Å². The lowest BCUT2D eigenvalue weighted by Crippen LogP contribution is -2.49. The molecule has 4 fully saturated rings. The highest BCUT2D eigenvalue weighted by Crippen LogP contribution is 2.60. The molecule has 0 atom stereocenters. The molecule has 1 aromatic heterocycles. The summed E-state index contributed by atoms with van der Waals surface area (Å²) in [6.45, 7) is 8.68. The van der Waals surface area contributed by atoms with Crippen molar-refractivity contribution in [3.8, 4) is 0 Å². The third kappa shape index (κ3) is 2.84. The van der Waals surface area contributed by atoms with E-state index in [4.69, 9.17) is 5.10 Å². The zero-order valence-electron chi connectivity index (χ0n) is 15.5. The molecule has 4 nitrogen and oxygen atoms in total. The molecule has 4 heteroatoms. The van der Waals surface area contributed by atoms with E-state index in [1.165, 1.54) is 44.2 Å². The highest BCUT2D eigenvalue weighted by molar-refractivity contribution is 5.89. The predicted octanol–water partition coefficient (Wildman–Crippen LogP) is 4.78. The van der Waals surface area contributed by atoms with Gasteiger partial charge in [0.15, 0.2) is 5.82 Å². The molecule has 0 radical (unpaired) electrons. The number of nitrogens with zero attached hydrogens (tertiary/aromatic N) is 3. The first-order valence-corrected chi connectivity index (χ1v) is 9.49. The molecular formula is C20H30N4. The van der Waals surface area contributed by atoms with E-state index in [1.54, 1.807) is 0 Å². The third-order valence-electron chi connectivity index (χ3n) is 6.58. The first-order valence-electron chi connectivity index (χ1n) is 9.49. The Balaban J connectivity index is 1.48. The summed E-state index contributed by atoms with van der Waals surface area (Å²) < 4.78 is 0. The van der Waals surface area contributed by atoms with Crippen molar-refractivity contribution in [1.29, 1.82) is 0 Å². The largest absolute Gasteiger partial charge is 0.260 e. The molecule has 4 bridgehead atoms. The van der Waals surface area contributed by atoms with E-state index >= 15 is 0 Å². The molecule has 0 saturated heterocycles. The molecular weight excluding hydrogens is 296 g/mol. The summed E-state index contributed by atoms with van der Waals surface area (Å²) in [7, 11) is 0. The summed E-state index contributed by atoms with van der Waals surface area (Å²) in [5.74, 6) is 3.60. The quantitative estimate of drug-likeness (QED) is 0.642. The van der Waals surface area contributed by atoms with E-state index in [0.717, 1.165) is 29.3 Å². The summed E-state index contributed by atoms with van der Waals surface area (Å²) in [4.78, 5) is 0. The van der Waals surface area contributed by atoms with Gasteiger partial charge in [-0.1, -0.05) is 20.8 Å². The molecule has 4 aliphatic rings. The first kappa shape index (κ1) is 16.0. The molecule has 0 aromatic carbocycles. The van der Waals surface area contributed by atoms with Gasteiger partial charge in [0.25, 0.3) is 0 Å². The van der Waals surface area contributed by atoms with Gasteiger partial charge >= 0.3 is 0 Å². The van der Waals surface area contributed by atoms with Crippen molar-refractivity contribution >= 4 is 11.5 Å². The second-order valence-electron chi connectivity index (χ2n) is 9.56. The second kappa shape index (κ2) is 5.53. The van der Waals surface area contributed by atoms with Gasteiger partial charge in [-0.15, -0.1) is 5.10 Å². The minimum absolute atomic E-state index is 0.0317. The van der Waals surface area contributed by atoms with Crippen LogP contribution in [0.3, 0.4) is 0 Å². The van der Waals surface area contributed by atoms with Crippen LogP contribution in [0.1, 0.15) is 71.9 Å². The van der Waals surface area contributed by atoms with Crippen LogP contribution in [0.15, 0.2) is 17.2 Å². The van der Waals surface area contributed by atoms with Crippen molar-refractivity contribution < 1.29 is 0 Å². The number of anilines is 1. The van der Waals surface area contributed by atoms with Gasteiger partial charge in [-0.2, -0.15) is 10.2 Å². The Labute approximate surface area is 145 Å². The van der Waals surface area contributed by atoms with E-state index < -0.39 is 0 Å². The normalized spacial score (nSPS) is 35.3. The molecule has 1 aromatic rings. The number of rotatable bonds is 3. The lowest BCUT2D eigenvalue weighted by molar-refractivity contribution is -0.0126. The van der Waals surface area contributed by atoms with Gasteiger partial charge in [0.2, 0.25) is 0 Å². The number of nitrogens with one attached hydrogen (secondary N) is 1. The van der Waals surface area contributed by atoms with Crippen LogP contribution >= 0.6 is 0 Å². The zero-order valence-corrected chi connectivity index (χ0v) is 15.5. The van der Waals surface area contributed by atoms with Crippen molar-refractivity contribution in [3.63, 3.8) is 0 Å². The SMILES string of the molecule is C/C(=N\Nc1ccc(C(C)(C)C)nn1)C12CC3CC(CC(C3)C1)C2. The molecule has 4 saturated carbocycles. The standard InChI is InChI=1S/C20H30N4/c1-13(20-10-14-7-15(11-20)9-16(8-14)12-20)21-23-18-6-5-17(22-24-18)19(2,3)4/h5-6,14-16H,7-12H2,1-4H3,(H,23,24)/b21-13+. The fraction of sp³-hybridized carbons (Fsp3) is 0.750. The van der Waals surface area contributed by atoms with Gasteiger partial charge in [0.05, 0.1) is 5.69 Å². The zero-order chi connectivity index (χ0) is 16.9. The van der Waals surface area contributed by atoms with Crippen molar-refractivity contribution in [3.05, 3.63) is 17.8 Å². The van der Waals surface area contributed by atoms with Crippen molar-refractivity contribution in [2.45, 2.75) is 71.6 Å². The van der Waals surface area contributed by atoms with Crippen LogP contribution in [0.2, 0.25) is 0 Å². The van der Waals surface area contributed by atoms with Gasteiger partial charge in [-0.3, -0.25) is 5.43 Å². The van der Waals surface area contributed by atoms with E-state index in [0.29, 0.717) is 5.41 Å². The van der Waals surface area contributed by atoms with E-state index in [9.17, 15) is 0 Å². The Morgan fingerprint density at radius 2 is 1.62 bits per heavy atom. The van der Waals surface area contributed by atoms with Crippen LogP contribution in [-0.4, -0.2) is 15.9 Å². The number of hydrazone groups is 1. The first-order chi connectivity index (χ1) is 11.3. The van der Waals surface area contributed by atoms with Crippen molar-refractivity contribution in [2.24, 2.45) is 28.3 Å². The van der Waals surface area contributed by atoms with Crippen molar-refractivity contribution in [2.75, 3.05) is 5.43 Å². The molecule has 0 amide bonds. The minimum atomic E-state index is 0.0317. The van der Waals surface area contributed by atoms with Crippen LogP contribution in [0.4, 0.5) is 5.82 Å². The summed E-state index contributed by atoms with van der Waals surface area (Å²) in [5.41, 5.74) is 5.85. The van der Waals surface area contributed by atoms with E-state index in [1.807, 2.05) is 12.1 Å². The summed E-state index contributed by atoms with van der Waals surface area (Å²) in [6.07, 6.45) is 8.47. The highest BCUT2D eigenvalue weighted by Gasteiger charge is 2.52. The van der Waals surface area contributed by atoms with Gasteiger partial charge in [0, 0.05) is 16.5 Å². The minimum Gasteiger partial charge on any atom is -0.260 e. The Morgan fingerprint density at radius 1 is 1.04 bits per heavy atom. The molecule has 24 heavy (non-hydrogen) atoms. The van der Waals surface area contributed by atoms with E-state index in [-0.39, 0.29) is 5.41 Å². The lowest BCUT2D eigenvalue weighted by atomic mass is 9.48. The molecule has 130 valence electrons. The summed E-state index contributed by atoms with van der Waals surface area (Å²) >= 11 is 0. The van der Waals surface area contributed by atoms with Crippen molar-refractivity contribution in [1.82, 2.24) is 10.2 Å². The number of hydrogen-bond acceptors (Lipinski definition) is 4. The van der Waals surface area contributed by atoms with Gasteiger partial charge in [-0.05, 0) is 75.3 Å². The van der Waals surface area contributed by atoms with E-state index in [2.05, 4.69) is 43.3 Å². The smallest absolute Gasteiger partial charge is 0.168 e. The number of hydrogen-bond donors (Lipinski definition) is 1. The Hall–Kier alpha value is -1.45. The monoisotopic (exact) mass is 326 g/mol. The lowest BCUT2D eigenvalue weighted by Gasteiger charge is -2.56. The summed E-state index contributed by atoms with van der Waals surface area (Å²) in [6, 6.07) is 4.04. The molecule has 0 aliphatic heterocycles. The topological polar surface area (TPSA) is 50.2 Å². The highest BCUT2D eigenvalue weighted by atomic mass is 15.3. The predicted molar refractivity (Wildman–Crippen MR) is 98.1 cm³/mol. The molecule has 1 heterocycles. The van der Waals surface area contributed by atoms with Gasteiger partial charge < -0.3 is 0 Å².